The Kier molecular flexibility index (Phi) is 7.35. The van der Waals surface area contributed by atoms with Crippen LogP contribution in [-0.2, 0) is 19.4 Å². The summed E-state index contributed by atoms with van der Waals surface area (Å²) in [4.78, 5) is 24.7. The average Bonchev–Trinajstić information content (AvgIpc) is 2.61. The van der Waals surface area contributed by atoms with Crippen LogP contribution >= 0.6 is 0 Å². The van der Waals surface area contributed by atoms with Crippen molar-refractivity contribution in [3.8, 4) is 0 Å². The van der Waals surface area contributed by atoms with Gasteiger partial charge in [-0.1, -0.05) is 18.2 Å². The summed E-state index contributed by atoms with van der Waals surface area (Å²) in [6.45, 7) is -0.541. The highest BCUT2D eigenvalue weighted by molar-refractivity contribution is 7.91. The van der Waals surface area contributed by atoms with Crippen molar-refractivity contribution in [2.45, 2.75) is 10.7 Å². The number of alkyl halides is 2. The summed E-state index contributed by atoms with van der Waals surface area (Å²) in [7, 11) is -3.44. The number of likely N-dealkylation sites (N-methyl/N-ethyl adjacent to an activating group) is 1. The number of hydrogen-bond donors (Lipinski definition) is 2. The van der Waals surface area contributed by atoms with Gasteiger partial charge in [0, 0.05) is 5.69 Å². The Labute approximate surface area is 165 Å². The molecule has 0 radical (unpaired) electrons. The summed E-state index contributed by atoms with van der Waals surface area (Å²) in [6, 6.07) is 10.1. The molecule has 29 heavy (non-hydrogen) atoms. The molecule has 11 heteroatoms. The maximum Gasteiger partial charge on any atom is 0.341 e. The third-order valence-electron chi connectivity index (χ3n) is 3.64. The number of para-hydroxylation sites is 1. The molecule has 0 aliphatic rings. The minimum absolute atomic E-state index is 0.221. The molecule has 2 aromatic rings. The summed E-state index contributed by atoms with van der Waals surface area (Å²) in [5, 5.41) is 4.72. The van der Waals surface area contributed by atoms with Crippen LogP contribution in [0.4, 0.5) is 24.5 Å². The number of halogens is 3. The Hall–Kier alpha value is -2.92. The molecule has 7 nitrogen and oxygen atoms in total. The highest BCUT2D eigenvalue weighted by atomic mass is 32.2. The molecule has 0 aliphatic carbocycles. The van der Waals surface area contributed by atoms with Crippen LogP contribution in [0.3, 0.4) is 0 Å². The van der Waals surface area contributed by atoms with Gasteiger partial charge in [-0.2, -0.15) is 8.78 Å². The van der Waals surface area contributed by atoms with Gasteiger partial charge in [0.2, 0.25) is 21.7 Å². The fraction of sp³-hybridized carbons (Fsp3) is 0.222. The Balaban J connectivity index is 1.96. The molecular formula is C18H18F3N3O4S. The maximum atomic E-state index is 13.1. The molecule has 0 aliphatic heterocycles. The van der Waals surface area contributed by atoms with E-state index in [4.69, 9.17) is 0 Å². The van der Waals surface area contributed by atoms with E-state index in [2.05, 4.69) is 10.6 Å². The van der Waals surface area contributed by atoms with Gasteiger partial charge in [0.05, 0.1) is 23.7 Å². The van der Waals surface area contributed by atoms with E-state index in [9.17, 15) is 31.2 Å². The molecule has 0 bridgehead atoms. The van der Waals surface area contributed by atoms with Crippen molar-refractivity contribution in [1.82, 2.24) is 4.90 Å². The van der Waals surface area contributed by atoms with Crippen molar-refractivity contribution in [2.75, 3.05) is 30.8 Å². The number of sulfone groups is 1. The van der Waals surface area contributed by atoms with Gasteiger partial charge in [-0.05, 0) is 37.4 Å². The first-order chi connectivity index (χ1) is 13.6. The zero-order valence-electron chi connectivity index (χ0n) is 15.2. The third kappa shape index (κ3) is 6.29. The monoisotopic (exact) mass is 429 g/mol. The standard InChI is InChI=1S/C18H18F3N3O4S/c1-24(10-16(25)22-13-6-4-5-12(19)9-13)11-17(26)23-14-7-2-3-8-15(14)29(27,28)18(20)21/h2-9,18H,10-11H2,1H3,(H,22,25)(H,23,26). The molecule has 156 valence electrons. The van der Waals surface area contributed by atoms with E-state index in [0.717, 1.165) is 12.1 Å². The van der Waals surface area contributed by atoms with Crippen molar-refractivity contribution in [3.63, 3.8) is 0 Å². The van der Waals surface area contributed by atoms with Crippen LogP contribution in [0.1, 0.15) is 0 Å². The number of nitrogens with zero attached hydrogens (tertiary/aromatic N) is 1. The number of amides is 2. The van der Waals surface area contributed by atoms with Crippen LogP contribution < -0.4 is 10.6 Å². The molecule has 2 aromatic carbocycles. The first-order valence-corrected chi connectivity index (χ1v) is 9.79. The Morgan fingerprint density at radius 3 is 2.24 bits per heavy atom. The number of carbonyl (C=O) groups is 2. The molecule has 2 N–H and O–H groups in total. The van der Waals surface area contributed by atoms with Crippen molar-refractivity contribution < 1.29 is 31.2 Å². The van der Waals surface area contributed by atoms with Gasteiger partial charge in [-0.15, -0.1) is 0 Å². The van der Waals surface area contributed by atoms with Crippen LogP contribution in [0.15, 0.2) is 53.4 Å². The molecule has 2 amide bonds. The van der Waals surface area contributed by atoms with Crippen LogP contribution in [0.5, 0.6) is 0 Å². The van der Waals surface area contributed by atoms with Crippen LogP contribution in [0.25, 0.3) is 0 Å². The predicted molar refractivity (Wildman–Crippen MR) is 101 cm³/mol. The topological polar surface area (TPSA) is 95.6 Å². The number of rotatable bonds is 8. The normalized spacial score (nSPS) is 11.5. The fourth-order valence-electron chi connectivity index (χ4n) is 2.42. The number of nitrogens with one attached hydrogen (secondary N) is 2. The third-order valence-corrected chi connectivity index (χ3v) is 5.08. The summed E-state index contributed by atoms with van der Waals surface area (Å²) in [5.41, 5.74) is -0.0330. The van der Waals surface area contributed by atoms with Gasteiger partial charge in [0.15, 0.2) is 0 Å². The van der Waals surface area contributed by atoms with E-state index in [1.165, 1.54) is 48.3 Å². The van der Waals surface area contributed by atoms with Gasteiger partial charge < -0.3 is 10.6 Å². The SMILES string of the molecule is CN(CC(=O)Nc1cccc(F)c1)CC(=O)Nc1ccccc1S(=O)(=O)C(F)F. The minimum Gasteiger partial charge on any atom is -0.325 e. The first kappa shape index (κ1) is 22.4. The lowest BCUT2D eigenvalue weighted by Gasteiger charge is -2.17. The number of anilines is 2. The smallest absolute Gasteiger partial charge is 0.325 e. The highest BCUT2D eigenvalue weighted by Crippen LogP contribution is 2.26. The van der Waals surface area contributed by atoms with Crippen LogP contribution in [-0.4, -0.2) is 51.0 Å². The van der Waals surface area contributed by atoms with E-state index in [-0.39, 0.29) is 24.5 Å². The summed E-state index contributed by atoms with van der Waals surface area (Å²) >= 11 is 0. The Morgan fingerprint density at radius 1 is 1.00 bits per heavy atom. The molecule has 0 fully saturated rings. The van der Waals surface area contributed by atoms with E-state index in [1.807, 2.05) is 0 Å². The highest BCUT2D eigenvalue weighted by Gasteiger charge is 2.29. The largest absolute Gasteiger partial charge is 0.341 e. The molecule has 0 unspecified atom stereocenters. The Morgan fingerprint density at radius 2 is 1.62 bits per heavy atom. The van der Waals surface area contributed by atoms with Gasteiger partial charge in [0.25, 0.3) is 0 Å². The van der Waals surface area contributed by atoms with Crippen LogP contribution in [0.2, 0.25) is 0 Å². The molecule has 0 atom stereocenters. The fourth-order valence-corrected chi connectivity index (χ4v) is 3.30. The molecule has 0 saturated heterocycles. The minimum atomic E-state index is -4.90. The second-order valence-corrected chi connectivity index (χ2v) is 7.97. The van der Waals surface area contributed by atoms with E-state index >= 15 is 0 Å². The van der Waals surface area contributed by atoms with E-state index < -0.39 is 38.1 Å². The number of hydrogen-bond acceptors (Lipinski definition) is 5. The van der Waals surface area contributed by atoms with Crippen LogP contribution in [0, 0.1) is 5.82 Å². The maximum absolute atomic E-state index is 13.1. The predicted octanol–water partition coefficient (Wildman–Crippen LogP) is 2.33. The van der Waals surface area contributed by atoms with Crippen molar-refractivity contribution in [1.29, 1.82) is 0 Å². The summed E-state index contributed by atoms with van der Waals surface area (Å²) in [6.07, 6.45) is 0. The van der Waals surface area contributed by atoms with Gasteiger partial charge in [-0.3, -0.25) is 14.5 Å². The number of benzene rings is 2. The molecule has 0 saturated carbocycles. The lowest BCUT2D eigenvalue weighted by molar-refractivity contribution is -0.119. The second kappa shape index (κ2) is 9.52. The molecule has 0 spiro atoms. The van der Waals surface area contributed by atoms with Gasteiger partial charge in [0.1, 0.15) is 5.82 Å². The van der Waals surface area contributed by atoms with E-state index in [1.54, 1.807) is 0 Å². The summed E-state index contributed by atoms with van der Waals surface area (Å²) < 4.78 is 62.1. The average molecular weight is 429 g/mol. The molecule has 2 rings (SSSR count). The molecule has 0 aromatic heterocycles. The zero-order chi connectivity index (χ0) is 21.6. The van der Waals surface area contributed by atoms with Crippen molar-refractivity contribution >= 4 is 33.0 Å². The first-order valence-electron chi connectivity index (χ1n) is 8.24. The number of carbonyl (C=O) groups excluding carboxylic acids is 2. The van der Waals surface area contributed by atoms with E-state index in [0.29, 0.717) is 0 Å². The zero-order valence-corrected chi connectivity index (χ0v) is 16.0. The molecular weight excluding hydrogens is 411 g/mol. The van der Waals surface area contributed by atoms with Crippen molar-refractivity contribution in [3.05, 3.63) is 54.3 Å². The molecule has 0 heterocycles. The van der Waals surface area contributed by atoms with Crippen molar-refractivity contribution in [2.24, 2.45) is 0 Å². The lowest BCUT2D eigenvalue weighted by atomic mass is 10.3. The summed E-state index contributed by atoms with van der Waals surface area (Å²) in [5.74, 6) is -5.36. The van der Waals surface area contributed by atoms with Gasteiger partial charge in [-0.25, -0.2) is 12.8 Å². The quantitative estimate of drug-likeness (QED) is 0.672. The second-order valence-electron chi connectivity index (χ2n) is 6.08. The lowest BCUT2D eigenvalue weighted by Crippen LogP contribution is -2.36. The Bertz CT molecular complexity index is 999. The van der Waals surface area contributed by atoms with Gasteiger partial charge >= 0.3 is 5.76 Å².